The summed E-state index contributed by atoms with van der Waals surface area (Å²) in [5.41, 5.74) is 4.94. The zero-order chi connectivity index (χ0) is 50.9. The van der Waals surface area contributed by atoms with E-state index in [1.165, 1.54) is 23.1 Å². The summed E-state index contributed by atoms with van der Waals surface area (Å²) in [6.45, 7) is 0.742. The van der Waals surface area contributed by atoms with Gasteiger partial charge in [-0.3, -0.25) is 4.79 Å². The topological polar surface area (TPSA) is 188 Å². The summed E-state index contributed by atoms with van der Waals surface area (Å²) in [6.07, 6.45) is 12.7. The third-order valence-electron chi connectivity index (χ3n) is 14.4. The Kier molecular flexibility index (Phi) is 15.7. The number of hydrogen-bond donors (Lipinski definition) is 2. The van der Waals surface area contributed by atoms with Crippen molar-refractivity contribution in [3.63, 3.8) is 0 Å². The van der Waals surface area contributed by atoms with E-state index in [9.17, 15) is 15.0 Å². The van der Waals surface area contributed by atoms with Crippen LogP contribution in [0.5, 0.6) is 0 Å². The smallest absolute Gasteiger partial charge is 0.373 e. The SMILES string of the molecule is O=C=O.O=Cc1nsc2ccc(C3(O)CCC(OCc4c(-c5c(Cl)cccc5Cl)noc4C4CC4)CC3)cc12.OC1(c2ccc3sncc3c2)CCC(OCc2c(-c3c(Cl)cccc3Cl)noc2C2CC2)CC1. The zero-order valence-electron chi connectivity index (χ0n) is 39.2. The summed E-state index contributed by atoms with van der Waals surface area (Å²) in [6, 6.07) is 22.8. The van der Waals surface area contributed by atoms with Gasteiger partial charge in [-0.05, 0) is 160 Å². The Morgan fingerprint density at radius 1 is 0.644 bits per heavy atom. The molecule has 4 aromatic carbocycles. The van der Waals surface area contributed by atoms with Crippen molar-refractivity contribution in [1.82, 2.24) is 19.1 Å². The highest BCUT2D eigenvalue weighted by Gasteiger charge is 2.39. The van der Waals surface area contributed by atoms with Crippen LogP contribution in [0.2, 0.25) is 20.1 Å². The molecule has 4 aromatic heterocycles. The minimum Gasteiger partial charge on any atom is -0.385 e. The number of halogens is 4. The quantitative estimate of drug-likeness (QED) is 0.104. The Morgan fingerprint density at radius 2 is 1.10 bits per heavy atom. The van der Waals surface area contributed by atoms with E-state index in [0.29, 0.717) is 112 Å². The van der Waals surface area contributed by atoms with E-state index in [1.54, 1.807) is 12.1 Å². The molecular weight excluding hydrogens is 1050 g/mol. The molecule has 0 radical (unpaired) electrons. The molecule has 4 aliphatic rings. The first kappa shape index (κ1) is 51.6. The number of carbonyl (C=O) groups is 1. The lowest BCUT2D eigenvalue weighted by molar-refractivity contribution is -0.191. The normalized spacial score (nSPS) is 21.8. The largest absolute Gasteiger partial charge is 0.385 e. The highest BCUT2D eigenvalue weighted by atomic mass is 35.5. The number of rotatable bonds is 13. The van der Waals surface area contributed by atoms with Gasteiger partial charge < -0.3 is 28.7 Å². The second-order valence-corrected chi connectivity index (χ2v) is 22.4. The molecule has 73 heavy (non-hydrogen) atoms. The maximum absolute atomic E-state index is 11.4. The number of benzene rings is 4. The van der Waals surface area contributed by atoms with Gasteiger partial charge in [-0.1, -0.05) is 81.0 Å². The predicted molar refractivity (Wildman–Crippen MR) is 279 cm³/mol. The molecule has 12 rings (SSSR count). The Balaban J connectivity index is 0.000000159. The van der Waals surface area contributed by atoms with Gasteiger partial charge in [-0.2, -0.15) is 18.3 Å². The van der Waals surface area contributed by atoms with Crippen LogP contribution in [0.1, 0.15) is 133 Å². The van der Waals surface area contributed by atoms with E-state index < -0.39 is 11.2 Å². The molecule has 4 aliphatic carbocycles. The molecule has 4 saturated carbocycles. The van der Waals surface area contributed by atoms with Gasteiger partial charge in [0, 0.05) is 51.1 Å². The third-order valence-corrected chi connectivity index (χ3v) is 17.3. The number of fused-ring (bicyclic) bond motifs is 2. The van der Waals surface area contributed by atoms with Crippen molar-refractivity contribution in [3.05, 3.63) is 139 Å². The lowest BCUT2D eigenvalue weighted by Crippen LogP contribution is -2.34. The van der Waals surface area contributed by atoms with E-state index in [-0.39, 0.29) is 18.4 Å². The van der Waals surface area contributed by atoms with Crippen LogP contribution in [0.3, 0.4) is 0 Å². The predicted octanol–water partition coefficient (Wildman–Crippen LogP) is 14.2. The van der Waals surface area contributed by atoms with Crippen molar-refractivity contribution < 1.29 is 43.1 Å². The number of nitrogens with zero attached hydrogens (tertiary/aromatic N) is 4. The van der Waals surface area contributed by atoms with E-state index >= 15 is 0 Å². The van der Waals surface area contributed by atoms with Gasteiger partial charge in [-0.25, -0.2) is 0 Å². The molecule has 0 spiro atoms. The Morgan fingerprint density at radius 3 is 1.55 bits per heavy atom. The number of hydrogen-bond acceptors (Lipinski definition) is 15. The molecule has 0 unspecified atom stereocenters. The summed E-state index contributed by atoms with van der Waals surface area (Å²) in [5.74, 6) is 2.49. The Bertz CT molecular complexity index is 3270. The van der Waals surface area contributed by atoms with Gasteiger partial charge in [0.25, 0.3) is 0 Å². The Hall–Kier alpha value is -4.87. The number of aliphatic hydroxyl groups is 2. The molecule has 13 nitrogen and oxygen atoms in total. The van der Waals surface area contributed by atoms with Crippen LogP contribution in [-0.2, 0) is 43.5 Å². The highest BCUT2D eigenvalue weighted by molar-refractivity contribution is 7.13. The molecule has 378 valence electrons. The van der Waals surface area contributed by atoms with E-state index in [1.807, 2.05) is 54.7 Å². The number of ether oxygens (including phenoxy) is 2. The summed E-state index contributed by atoms with van der Waals surface area (Å²) < 4.78 is 34.7. The van der Waals surface area contributed by atoms with Crippen LogP contribution < -0.4 is 0 Å². The highest BCUT2D eigenvalue weighted by Crippen LogP contribution is 2.49. The summed E-state index contributed by atoms with van der Waals surface area (Å²) >= 11 is 28.6. The van der Waals surface area contributed by atoms with Gasteiger partial charge in [0.2, 0.25) is 0 Å². The van der Waals surface area contributed by atoms with Crippen molar-refractivity contribution in [2.75, 3.05) is 0 Å². The van der Waals surface area contributed by atoms with Gasteiger partial charge in [0.1, 0.15) is 28.6 Å². The summed E-state index contributed by atoms with van der Waals surface area (Å²) in [7, 11) is 0. The first-order valence-corrected chi connectivity index (χ1v) is 27.2. The molecule has 0 bridgehead atoms. The van der Waals surface area contributed by atoms with E-state index in [2.05, 4.69) is 31.2 Å². The lowest BCUT2D eigenvalue weighted by Gasteiger charge is -2.36. The second-order valence-electron chi connectivity index (χ2n) is 19.1. The standard InChI is InChI=1S/C27H24Cl2N2O4S.C26H24Cl2N2O3S.CO2/c28-20-2-1-3-21(29)24(20)25-19(26(35-30-25)15-4-5-15)14-34-17-8-10-27(33,11-9-17)16-6-7-23-18(12-16)22(13-32)31-36-23;27-20-2-1-3-21(28)23(20)24-19(25(33-30-24)15-4-5-15)14-32-18-8-10-26(31,11-9-18)17-6-7-22-16(12-17)13-29-34-22;2-1-3/h1-3,6-7,12-13,15,17,33H,4-5,8-11,14H2;1-3,6-7,12-13,15,18,31H,4-5,8-11,14H2;. The van der Waals surface area contributed by atoms with Crippen LogP contribution in [0.4, 0.5) is 0 Å². The average molecular weight is 1100 g/mol. The first-order valence-electron chi connectivity index (χ1n) is 24.1. The van der Waals surface area contributed by atoms with Crippen LogP contribution in [-0.4, -0.2) is 53.9 Å². The van der Waals surface area contributed by atoms with Gasteiger partial charge in [-0.15, -0.1) is 0 Å². The molecule has 4 fully saturated rings. The third kappa shape index (κ3) is 11.1. The minimum absolute atomic E-state index is 0.00104. The van der Waals surface area contributed by atoms with Gasteiger partial charge in [0.15, 0.2) is 6.29 Å². The lowest BCUT2D eigenvalue weighted by atomic mass is 9.78. The van der Waals surface area contributed by atoms with Crippen LogP contribution in [0, 0.1) is 0 Å². The van der Waals surface area contributed by atoms with Crippen LogP contribution in [0.25, 0.3) is 42.7 Å². The molecule has 0 aliphatic heterocycles. The maximum Gasteiger partial charge on any atom is 0.373 e. The first-order chi connectivity index (χ1) is 35.4. The summed E-state index contributed by atoms with van der Waals surface area (Å²) in [5, 5.41) is 35.5. The number of carbonyl (C=O) groups excluding carboxylic acids is 3. The van der Waals surface area contributed by atoms with Crippen molar-refractivity contribution >= 4 is 102 Å². The molecule has 4 heterocycles. The summed E-state index contributed by atoms with van der Waals surface area (Å²) in [4.78, 5) is 27.6. The second kappa shape index (κ2) is 22.1. The molecule has 0 saturated heterocycles. The van der Waals surface area contributed by atoms with Crippen molar-refractivity contribution in [3.8, 4) is 22.5 Å². The van der Waals surface area contributed by atoms with Gasteiger partial charge >= 0.3 is 6.15 Å². The van der Waals surface area contributed by atoms with Gasteiger partial charge in [0.05, 0.1) is 66.1 Å². The van der Waals surface area contributed by atoms with E-state index in [0.717, 1.165) is 98.8 Å². The minimum atomic E-state index is -0.956. The molecule has 19 heteroatoms. The maximum atomic E-state index is 11.4. The van der Waals surface area contributed by atoms with Crippen LogP contribution in [0.15, 0.2) is 88.0 Å². The molecule has 0 atom stereocenters. The number of aldehydes is 1. The number of aromatic nitrogens is 4. The van der Waals surface area contributed by atoms with Crippen molar-refractivity contribution in [1.29, 1.82) is 0 Å². The fourth-order valence-electron chi connectivity index (χ4n) is 10.0. The monoisotopic (exact) mass is 1100 g/mol. The van der Waals surface area contributed by atoms with Crippen molar-refractivity contribution in [2.24, 2.45) is 0 Å². The fraction of sp³-hybridized carbons (Fsp3) is 0.370. The molecule has 2 N–H and O–H groups in total. The fourth-order valence-corrected chi connectivity index (χ4v) is 12.5. The molecule has 8 aromatic rings. The van der Waals surface area contributed by atoms with E-state index in [4.69, 9.17) is 74.5 Å². The zero-order valence-corrected chi connectivity index (χ0v) is 43.8. The van der Waals surface area contributed by atoms with Crippen molar-refractivity contribution in [2.45, 2.75) is 126 Å². The molecule has 0 amide bonds. The Labute approximate surface area is 448 Å². The average Bonchev–Trinajstić information content (AvgIpc) is 4.22. The van der Waals surface area contributed by atoms with Crippen LogP contribution >= 0.6 is 69.5 Å². The molecular formula is C54H48Cl4N4O9S2.